The summed E-state index contributed by atoms with van der Waals surface area (Å²) in [5.41, 5.74) is 11.5. The number of nitrogens with zero attached hydrogens (tertiary/aromatic N) is 1. The maximum atomic E-state index is 6.11. The number of nitrogen functional groups attached to an aromatic ring is 1. The molecule has 0 aliphatic heterocycles. The molecule has 0 spiro atoms. The second-order valence-electron chi connectivity index (χ2n) is 4.58. The lowest BCUT2D eigenvalue weighted by Crippen LogP contribution is -1.99. The summed E-state index contributed by atoms with van der Waals surface area (Å²) in [5.74, 6) is 0. The Morgan fingerprint density at radius 2 is 1.94 bits per heavy atom. The third-order valence-corrected chi connectivity index (χ3v) is 4.27. The molecule has 2 N–H and O–H groups in total. The van der Waals surface area contributed by atoms with Crippen LogP contribution in [0.3, 0.4) is 0 Å². The Kier molecular flexibility index (Phi) is 3.04. The Balaban J connectivity index is 2.12. The molecule has 0 radical (unpaired) electrons. The number of halogens is 2. The van der Waals surface area contributed by atoms with Gasteiger partial charge in [0.1, 0.15) is 0 Å². The van der Waals surface area contributed by atoms with E-state index < -0.39 is 0 Å². The molecular formula is C14H12BrClN2. The van der Waals surface area contributed by atoms with Crippen molar-refractivity contribution in [3.05, 3.63) is 56.3 Å². The molecule has 92 valence electrons. The average molecular weight is 324 g/mol. The second kappa shape index (κ2) is 4.56. The molecule has 1 aromatic heterocycles. The van der Waals surface area contributed by atoms with Gasteiger partial charge in [0.2, 0.25) is 0 Å². The van der Waals surface area contributed by atoms with Crippen molar-refractivity contribution in [1.29, 1.82) is 0 Å². The SMILES string of the molecule is Nc1cnc2c(c1)CCc1cc(Cl)cc(Br)c1C2. The van der Waals surface area contributed by atoms with Crippen LogP contribution in [0.4, 0.5) is 5.69 Å². The van der Waals surface area contributed by atoms with E-state index in [1.807, 2.05) is 12.1 Å². The summed E-state index contributed by atoms with van der Waals surface area (Å²) in [6.45, 7) is 0. The van der Waals surface area contributed by atoms with Gasteiger partial charge in [-0.3, -0.25) is 4.98 Å². The third-order valence-electron chi connectivity index (χ3n) is 3.34. The number of hydrogen-bond acceptors (Lipinski definition) is 2. The predicted molar refractivity (Wildman–Crippen MR) is 78.0 cm³/mol. The van der Waals surface area contributed by atoms with Crippen molar-refractivity contribution in [2.24, 2.45) is 0 Å². The van der Waals surface area contributed by atoms with Crippen LogP contribution in [0.2, 0.25) is 5.02 Å². The van der Waals surface area contributed by atoms with Crippen molar-refractivity contribution >= 4 is 33.2 Å². The normalized spacial score (nSPS) is 13.7. The number of nitrogens with two attached hydrogens (primary N) is 1. The zero-order valence-electron chi connectivity index (χ0n) is 9.71. The Morgan fingerprint density at radius 1 is 1.17 bits per heavy atom. The van der Waals surface area contributed by atoms with Crippen molar-refractivity contribution in [2.45, 2.75) is 19.3 Å². The molecule has 0 bridgehead atoms. The molecule has 2 nitrogen and oxygen atoms in total. The minimum atomic E-state index is 0.733. The van der Waals surface area contributed by atoms with Crippen molar-refractivity contribution in [3.8, 4) is 0 Å². The van der Waals surface area contributed by atoms with Gasteiger partial charge in [-0.1, -0.05) is 27.5 Å². The molecule has 4 heteroatoms. The van der Waals surface area contributed by atoms with Gasteiger partial charge < -0.3 is 5.73 Å². The summed E-state index contributed by atoms with van der Waals surface area (Å²) in [7, 11) is 0. The Morgan fingerprint density at radius 3 is 2.78 bits per heavy atom. The first-order valence-electron chi connectivity index (χ1n) is 5.83. The predicted octanol–water partition coefficient (Wildman–Crippen LogP) is 3.77. The lowest BCUT2D eigenvalue weighted by atomic mass is 10.0. The Bertz CT molecular complexity index is 625. The summed E-state index contributed by atoms with van der Waals surface area (Å²) in [4.78, 5) is 4.46. The Labute approximate surface area is 119 Å². The zero-order chi connectivity index (χ0) is 12.7. The van der Waals surface area contributed by atoms with Crippen LogP contribution < -0.4 is 5.73 Å². The molecule has 0 unspecified atom stereocenters. The van der Waals surface area contributed by atoms with Crippen LogP contribution >= 0.6 is 27.5 Å². The summed E-state index contributed by atoms with van der Waals surface area (Å²) < 4.78 is 1.07. The molecule has 18 heavy (non-hydrogen) atoms. The zero-order valence-corrected chi connectivity index (χ0v) is 12.1. The van der Waals surface area contributed by atoms with Gasteiger partial charge in [0.05, 0.1) is 11.9 Å². The standard InChI is InChI=1S/C14H12BrClN2/c15-13-5-10(16)3-8-1-2-9-4-11(17)7-18-14(9)6-12(8)13/h3-5,7H,1-2,6,17H2. The summed E-state index contributed by atoms with van der Waals surface area (Å²) in [6.07, 6.45) is 4.51. The fourth-order valence-corrected chi connectivity index (χ4v) is 3.46. The fourth-order valence-electron chi connectivity index (χ4n) is 2.45. The third kappa shape index (κ3) is 2.13. The van der Waals surface area contributed by atoms with Crippen LogP contribution in [0.15, 0.2) is 28.9 Å². The van der Waals surface area contributed by atoms with Crippen LogP contribution in [0, 0.1) is 0 Å². The number of hydrogen-bond donors (Lipinski definition) is 1. The molecule has 0 saturated carbocycles. The number of aryl methyl sites for hydroxylation is 2. The van der Waals surface area contributed by atoms with Gasteiger partial charge in [-0.15, -0.1) is 0 Å². The topological polar surface area (TPSA) is 38.9 Å². The molecule has 0 saturated heterocycles. The van der Waals surface area contributed by atoms with Gasteiger partial charge >= 0.3 is 0 Å². The minimum Gasteiger partial charge on any atom is -0.397 e. The number of pyridine rings is 1. The van der Waals surface area contributed by atoms with Gasteiger partial charge in [-0.05, 0) is 47.7 Å². The average Bonchev–Trinajstić information content (AvgIpc) is 2.49. The van der Waals surface area contributed by atoms with E-state index in [0.29, 0.717) is 0 Å². The van der Waals surface area contributed by atoms with E-state index in [2.05, 4.69) is 27.0 Å². The van der Waals surface area contributed by atoms with Crippen molar-refractivity contribution in [1.82, 2.24) is 4.98 Å². The van der Waals surface area contributed by atoms with Crippen LogP contribution in [0.5, 0.6) is 0 Å². The summed E-state index contributed by atoms with van der Waals surface area (Å²) >= 11 is 9.70. The first-order valence-corrected chi connectivity index (χ1v) is 7.00. The molecule has 0 amide bonds. The molecule has 1 aliphatic carbocycles. The van der Waals surface area contributed by atoms with Crippen LogP contribution in [0.1, 0.15) is 22.4 Å². The van der Waals surface area contributed by atoms with E-state index in [9.17, 15) is 0 Å². The highest BCUT2D eigenvalue weighted by molar-refractivity contribution is 9.10. The molecule has 3 rings (SSSR count). The van der Waals surface area contributed by atoms with Gasteiger partial charge in [0.25, 0.3) is 0 Å². The maximum Gasteiger partial charge on any atom is 0.0503 e. The smallest absolute Gasteiger partial charge is 0.0503 e. The fraction of sp³-hybridized carbons (Fsp3) is 0.214. The number of benzene rings is 1. The largest absolute Gasteiger partial charge is 0.397 e. The first kappa shape index (κ1) is 12.0. The van der Waals surface area contributed by atoms with E-state index >= 15 is 0 Å². The Hall–Kier alpha value is -1.06. The van der Waals surface area contributed by atoms with Crippen molar-refractivity contribution in [2.75, 3.05) is 5.73 Å². The monoisotopic (exact) mass is 322 g/mol. The molecule has 1 aliphatic rings. The van der Waals surface area contributed by atoms with Gasteiger partial charge in [-0.25, -0.2) is 0 Å². The first-order chi connectivity index (χ1) is 8.63. The lowest BCUT2D eigenvalue weighted by molar-refractivity contribution is 0.953. The number of anilines is 1. The molecule has 2 aromatic rings. The number of fused-ring (bicyclic) bond motifs is 2. The van der Waals surface area contributed by atoms with E-state index in [1.165, 1.54) is 16.7 Å². The molecule has 0 fully saturated rings. The maximum absolute atomic E-state index is 6.11. The van der Waals surface area contributed by atoms with Gasteiger partial charge in [0.15, 0.2) is 0 Å². The second-order valence-corrected chi connectivity index (χ2v) is 5.87. The molecule has 1 heterocycles. The highest BCUT2D eigenvalue weighted by Gasteiger charge is 2.17. The minimum absolute atomic E-state index is 0.733. The van der Waals surface area contributed by atoms with E-state index in [4.69, 9.17) is 17.3 Å². The highest BCUT2D eigenvalue weighted by Crippen LogP contribution is 2.32. The van der Waals surface area contributed by atoms with Crippen LogP contribution in [-0.2, 0) is 19.3 Å². The number of aromatic nitrogens is 1. The van der Waals surface area contributed by atoms with Gasteiger partial charge in [0, 0.05) is 21.6 Å². The number of rotatable bonds is 0. The van der Waals surface area contributed by atoms with Crippen LogP contribution in [-0.4, -0.2) is 4.98 Å². The van der Waals surface area contributed by atoms with E-state index in [0.717, 1.165) is 40.1 Å². The molecule has 1 aromatic carbocycles. The van der Waals surface area contributed by atoms with Gasteiger partial charge in [-0.2, -0.15) is 0 Å². The summed E-state index contributed by atoms with van der Waals surface area (Å²) in [5, 5.41) is 0.777. The van der Waals surface area contributed by atoms with Crippen LogP contribution in [0.25, 0.3) is 0 Å². The highest BCUT2D eigenvalue weighted by atomic mass is 79.9. The molecule has 0 atom stereocenters. The molecular weight excluding hydrogens is 312 g/mol. The lowest BCUT2D eigenvalue weighted by Gasteiger charge is -2.09. The van der Waals surface area contributed by atoms with Crippen molar-refractivity contribution < 1.29 is 0 Å². The van der Waals surface area contributed by atoms with Crippen molar-refractivity contribution in [3.63, 3.8) is 0 Å². The van der Waals surface area contributed by atoms with E-state index in [1.54, 1.807) is 6.20 Å². The quantitative estimate of drug-likeness (QED) is 0.801. The van der Waals surface area contributed by atoms with E-state index in [-0.39, 0.29) is 0 Å². The summed E-state index contributed by atoms with van der Waals surface area (Å²) in [6, 6.07) is 6.03.